The van der Waals surface area contributed by atoms with Crippen LogP contribution in [0.1, 0.15) is 93.6 Å². The van der Waals surface area contributed by atoms with E-state index >= 15 is 0 Å². The molecule has 2 aromatic heterocycles. The second kappa shape index (κ2) is 12.2. The summed E-state index contributed by atoms with van der Waals surface area (Å²) < 4.78 is 29.7. The summed E-state index contributed by atoms with van der Waals surface area (Å²) in [5.74, 6) is -0.482. The number of hydrogen-bond acceptors (Lipinski definition) is 8. The van der Waals surface area contributed by atoms with Crippen LogP contribution in [0.25, 0.3) is 0 Å². The first-order valence-electron chi connectivity index (χ1n) is 16.2. The first-order chi connectivity index (χ1) is 22.3. The van der Waals surface area contributed by atoms with Gasteiger partial charge in [0, 0.05) is 35.6 Å². The van der Waals surface area contributed by atoms with Crippen LogP contribution in [-0.2, 0) is 25.7 Å². The summed E-state index contributed by atoms with van der Waals surface area (Å²) in [7, 11) is 0. The highest BCUT2D eigenvalue weighted by Gasteiger charge is 2.33. The number of nitrogens with two attached hydrogens (primary N) is 2. The average Bonchev–Trinajstić information content (AvgIpc) is 3.60. The molecule has 2 aromatic carbocycles. The molecule has 12 heteroatoms. The van der Waals surface area contributed by atoms with Crippen molar-refractivity contribution in [1.82, 2.24) is 19.6 Å². The number of carbonyl (C=O) groups is 2. The topological polar surface area (TPSA) is 146 Å². The normalized spacial score (nSPS) is 19.6. The Morgan fingerprint density at radius 1 is 0.717 bits per heavy atom. The zero-order chi connectivity index (χ0) is 31.9. The molecule has 2 unspecified atom stereocenters. The van der Waals surface area contributed by atoms with Crippen molar-refractivity contribution in [3.05, 3.63) is 81.7 Å². The monoisotopic (exact) mass is 628 g/mol. The number of nitrogens with zero attached hydrogens (tertiary/aromatic N) is 4. The average molecular weight is 629 g/mol. The van der Waals surface area contributed by atoms with E-state index in [1.165, 1.54) is 33.6 Å². The fourth-order valence-electron chi connectivity index (χ4n) is 7.35. The van der Waals surface area contributed by atoms with Crippen molar-refractivity contribution in [1.29, 1.82) is 0 Å². The number of fused-ring (bicyclic) bond motifs is 4. The maximum absolute atomic E-state index is 13.4. The van der Waals surface area contributed by atoms with E-state index in [0.29, 0.717) is 48.9 Å². The number of carbonyl (C=O) groups excluding carboxylic acids is 2. The Labute approximate surface area is 265 Å². The van der Waals surface area contributed by atoms with Gasteiger partial charge in [0.15, 0.2) is 0 Å². The number of rotatable bonds is 2. The van der Waals surface area contributed by atoms with Gasteiger partial charge in [0.25, 0.3) is 11.8 Å². The molecule has 2 aliphatic carbocycles. The highest BCUT2D eigenvalue weighted by molar-refractivity contribution is 5.90. The SMILES string of the molecule is Nc1c2c(nn1C(=O)C1CCNc3cc(F)ccc31)CCCC2.Nc1nn(C(=O)C2CCNc3cc(F)ccc32)c2c1CCCC2. The summed E-state index contributed by atoms with van der Waals surface area (Å²) in [4.78, 5) is 26.0. The molecule has 4 heterocycles. The van der Waals surface area contributed by atoms with Gasteiger partial charge in [-0.25, -0.2) is 13.5 Å². The Kier molecular flexibility index (Phi) is 7.95. The largest absolute Gasteiger partial charge is 0.385 e. The van der Waals surface area contributed by atoms with Crippen LogP contribution >= 0.6 is 0 Å². The second-order valence-corrected chi connectivity index (χ2v) is 12.5. The third-order valence-corrected chi connectivity index (χ3v) is 9.70. The Hall–Kier alpha value is -4.74. The first kappa shape index (κ1) is 29.9. The molecule has 0 bridgehead atoms. The van der Waals surface area contributed by atoms with E-state index in [1.54, 1.807) is 12.1 Å². The van der Waals surface area contributed by atoms with Gasteiger partial charge in [-0.05, 0) is 99.6 Å². The van der Waals surface area contributed by atoms with Crippen LogP contribution in [0, 0.1) is 11.6 Å². The van der Waals surface area contributed by atoms with Gasteiger partial charge in [-0.15, -0.1) is 5.10 Å². The third-order valence-electron chi connectivity index (χ3n) is 9.70. The first-order valence-corrected chi connectivity index (χ1v) is 16.2. The van der Waals surface area contributed by atoms with Gasteiger partial charge in [-0.3, -0.25) is 9.59 Å². The van der Waals surface area contributed by atoms with E-state index < -0.39 is 0 Å². The summed E-state index contributed by atoms with van der Waals surface area (Å²) in [6.07, 6.45) is 9.16. The molecule has 0 spiro atoms. The van der Waals surface area contributed by atoms with E-state index in [2.05, 4.69) is 20.8 Å². The zero-order valence-corrected chi connectivity index (χ0v) is 25.6. The van der Waals surface area contributed by atoms with Gasteiger partial charge in [-0.1, -0.05) is 12.1 Å². The number of anilines is 4. The number of nitrogens with one attached hydrogen (secondary N) is 2. The van der Waals surface area contributed by atoms with Crippen LogP contribution in [0.4, 0.5) is 31.8 Å². The van der Waals surface area contributed by atoms with E-state index in [0.717, 1.165) is 85.0 Å². The van der Waals surface area contributed by atoms with Gasteiger partial charge < -0.3 is 22.1 Å². The van der Waals surface area contributed by atoms with Crippen LogP contribution in [0.15, 0.2) is 36.4 Å². The molecule has 6 N–H and O–H groups in total. The van der Waals surface area contributed by atoms with E-state index in [1.807, 2.05) is 0 Å². The minimum Gasteiger partial charge on any atom is -0.385 e. The molecule has 8 rings (SSSR count). The standard InChI is InChI=1S/2C17H19FN4O/c18-10-5-6-11-12(7-8-20-14(11)9-10)17(23)22-15-4-2-1-3-13(15)16(19)21-22;18-10-5-6-11-12(7-8-20-15(11)9-10)17(23)22-16(19)13-3-1-2-4-14(13)21-22/h5-6,9,12,20H,1-4,7-8H2,(H2,19,21);5-6,9,12,20H,1-4,7-8,19H2. The smallest absolute Gasteiger partial charge is 0.256 e. The lowest BCUT2D eigenvalue weighted by Crippen LogP contribution is -2.29. The highest BCUT2D eigenvalue weighted by atomic mass is 19.1. The van der Waals surface area contributed by atoms with Crippen LogP contribution in [0.5, 0.6) is 0 Å². The summed E-state index contributed by atoms with van der Waals surface area (Å²) in [5, 5.41) is 15.1. The molecule has 0 saturated carbocycles. The minimum absolute atomic E-state index is 0.0609. The number of benzene rings is 2. The number of aryl methyl sites for hydroxylation is 1. The Balaban J connectivity index is 0.000000147. The van der Waals surface area contributed by atoms with E-state index in [9.17, 15) is 18.4 Å². The predicted molar refractivity (Wildman–Crippen MR) is 172 cm³/mol. The Morgan fingerprint density at radius 3 is 1.87 bits per heavy atom. The van der Waals surface area contributed by atoms with Crippen molar-refractivity contribution >= 4 is 34.8 Å². The summed E-state index contributed by atoms with van der Waals surface area (Å²) in [6, 6.07) is 9.05. The lowest BCUT2D eigenvalue weighted by Gasteiger charge is -2.26. The zero-order valence-electron chi connectivity index (χ0n) is 25.6. The molecule has 4 aliphatic rings. The van der Waals surface area contributed by atoms with Crippen LogP contribution in [0.3, 0.4) is 0 Å². The fourth-order valence-corrected chi connectivity index (χ4v) is 7.35. The van der Waals surface area contributed by atoms with Crippen LogP contribution < -0.4 is 22.1 Å². The lowest BCUT2D eigenvalue weighted by atomic mass is 9.89. The van der Waals surface area contributed by atoms with Gasteiger partial charge >= 0.3 is 0 Å². The van der Waals surface area contributed by atoms with Crippen LogP contribution in [-0.4, -0.2) is 44.5 Å². The minimum atomic E-state index is -0.337. The lowest BCUT2D eigenvalue weighted by molar-refractivity contribution is 0.0847. The predicted octanol–water partition coefficient (Wildman–Crippen LogP) is 5.45. The van der Waals surface area contributed by atoms with Gasteiger partial charge in [0.05, 0.1) is 23.2 Å². The Morgan fingerprint density at radius 2 is 1.26 bits per heavy atom. The quantitative estimate of drug-likeness (QED) is 0.229. The molecule has 0 fully saturated rings. The fraction of sp³-hybridized carbons (Fsp3) is 0.412. The van der Waals surface area contributed by atoms with Crippen molar-refractivity contribution < 1.29 is 18.4 Å². The molecule has 240 valence electrons. The molecule has 0 saturated heterocycles. The molecular weight excluding hydrogens is 590 g/mol. The summed E-state index contributed by atoms with van der Waals surface area (Å²) in [6.45, 7) is 1.28. The van der Waals surface area contributed by atoms with Crippen molar-refractivity contribution in [2.75, 3.05) is 35.2 Å². The van der Waals surface area contributed by atoms with Crippen LogP contribution in [0.2, 0.25) is 0 Å². The van der Waals surface area contributed by atoms with Crippen molar-refractivity contribution in [2.24, 2.45) is 0 Å². The van der Waals surface area contributed by atoms with Gasteiger partial charge in [0.1, 0.15) is 23.3 Å². The molecule has 10 nitrogen and oxygen atoms in total. The van der Waals surface area contributed by atoms with Crippen molar-refractivity contribution in [2.45, 2.75) is 76.0 Å². The summed E-state index contributed by atoms with van der Waals surface area (Å²) in [5.41, 5.74) is 19.2. The van der Waals surface area contributed by atoms with E-state index in [-0.39, 0.29) is 35.3 Å². The second-order valence-electron chi connectivity index (χ2n) is 12.5. The highest BCUT2D eigenvalue weighted by Crippen LogP contribution is 2.36. The molecule has 2 atom stereocenters. The van der Waals surface area contributed by atoms with Gasteiger partial charge in [-0.2, -0.15) is 9.78 Å². The maximum atomic E-state index is 13.4. The number of aromatic nitrogens is 4. The van der Waals surface area contributed by atoms with Crippen molar-refractivity contribution in [3.63, 3.8) is 0 Å². The number of hydrogen-bond donors (Lipinski definition) is 4. The maximum Gasteiger partial charge on any atom is 0.256 e. The number of nitrogen functional groups attached to an aromatic ring is 2. The third kappa shape index (κ3) is 5.39. The van der Waals surface area contributed by atoms with E-state index in [4.69, 9.17) is 11.5 Å². The molecule has 46 heavy (non-hydrogen) atoms. The molecule has 0 radical (unpaired) electrons. The molecular formula is C34H38F2N8O2. The molecule has 2 aliphatic heterocycles. The summed E-state index contributed by atoms with van der Waals surface area (Å²) >= 11 is 0. The van der Waals surface area contributed by atoms with Gasteiger partial charge in [0.2, 0.25) is 0 Å². The number of halogens is 2. The molecule has 0 amide bonds. The van der Waals surface area contributed by atoms with Crippen molar-refractivity contribution in [3.8, 4) is 0 Å². The molecule has 4 aromatic rings. The Bertz CT molecular complexity index is 1830.